The van der Waals surface area contributed by atoms with Crippen LogP contribution in [-0.2, 0) is 14.1 Å². The molecule has 0 saturated carbocycles. The highest BCUT2D eigenvalue weighted by Crippen LogP contribution is 2.46. The monoisotopic (exact) mass is 454 g/mol. The summed E-state index contributed by atoms with van der Waals surface area (Å²) in [6.45, 7) is -0.959. The van der Waals surface area contributed by atoms with E-state index in [4.69, 9.17) is 0 Å². The van der Waals surface area contributed by atoms with Gasteiger partial charge in [0.05, 0.1) is 17.1 Å². The number of aliphatic hydroxyl groups is 2. The maximum Gasteiger partial charge on any atom is 0.312 e. The van der Waals surface area contributed by atoms with Gasteiger partial charge in [-0.1, -0.05) is 36.4 Å². The molecule has 0 spiro atoms. The van der Waals surface area contributed by atoms with Gasteiger partial charge in [0.15, 0.2) is 0 Å². The fourth-order valence-corrected chi connectivity index (χ4v) is 5.28. The van der Waals surface area contributed by atoms with Crippen LogP contribution in [0.4, 0.5) is 0 Å². The molecule has 0 radical (unpaired) electrons. The third-order valence-electron chi connectivity index (χ3n) is 6.84. The quantitative estimate of drug-likeness (QED) is 0.450. The third-order valence-corrected chi connectivity index (χ3v) is 6.84. The van der Waals surface area contributed by atoms with Crippen molar-refractivity contribution in [2.24, 2.45) is 14.1 Å². The molecule has 2 aliphatic heterocycles. The second-order valence-corrected chi connectivity index (χ2v) is 8.55. The van der Waals surface area contributed by atoms with Gasteiger partial charge in [0, 0.05) is 63.7 Å². The Morgan fingerprint density at radius 2 is 1.38 bits per heavy atom. The van der Waals surface area contributed by atoms with Gasteiger partial charge in [0.2, 0.25) is 0 Å². The zero-order valence-corrected chi connectivity index (χ0v) is 18.7. The summed E-state index contributed by atoms with van der Waals surface area (Å²) in [5, 5.41) is 36.2. The number of hydroxylamine groups is 2. The molecule has 4 aromatic rings. The minimum atomic E-state index is -0.480. The fraction of sp³-hybridized carbons (Fsp3) is 0.154. The molecule has 4 heterocycles. The Balaban J connectivity index is 1.82. The number of aryl methyl sites for hydroxylation is 2. The lowest BCUT2D eigenvalue weighted by Crippen LogP contribution is -2.27. The average molecular weight is 454 g/mol. The molecule has 2 N–H and O–H groups in total. The van der Waals surface area contributed by atoms with Crippen molar-refractivity contribution in [2.75, 3.05) is 13.2 Å². The van der Waals surface area contributed by atoms with Crippen molar-refractivity contribution in [1.82, 2.24) is 14.2 Å². The van der Waals surface area contributed by atoms with Gasteiger partial charge in [-0.2, -0.15) is 0 Å². The summed E-state index contributed by atoms with van der Waals surface area (Å²) in [7, 11) is 3.72. The van der Waals surface area contributed by atoms with Crippen LogP contribution in [0.1, 0.15) is 22.5 Å². The SMILES string of the molecule is Cn1c2c(c3ccccc31)C=C(CO)N([O-])C2=C1c2c(c3ccccc3n2C)C=C(CO)[N+]1=O. The number of para-hydroxylation sites is 2. The lowest BCUT2D eigenvalue weighted by Gasteiger charge is -2.37. The summed E-state index contributed by atoms with van der Waals surface area (Å²) in [5.41, 5.74) is 5.06. The molecule has 8 nitrogen and oxygen atoms in total. The van der Waals surface area contributed by atoms with Gasteiger partial charge < -0.3 is 29.6 Å². The van der Waals surface area contributed by atoms with E-state index < -0.39 is 13.2 Å². The minimum absolute atomic E-state index is 0.139. The van der Waals surface area contributed by atoms with E-state index in [0.717, 1.165) is 32.9 Å². The molecule has 0 atom stereocenters. The van der Waals surface area contributed by atoms with Crippen molar-refractivity contribution in [3.63, 3.8) is 0 Å². The number of fused-ring (bicyclic) bond motifs is 6. The van der Waals surface area contributed by atoms with Gasteiger partial charge in [0.25, 0.3) is 5.70 Å². The number of nitroso groups, excluding NO2 is 1. The van der Waals surface area contributed by atoms with Crippen LogP contribution in [0.5, 0.6) is 0 Å². The summed E-state index contributed by atoms with van der Waals surface area (Å²) in [6.07, 6.45) is 3.36. The molecule has 0 amide bonds. The van der Waals surface area contributed by atoms with E-state index in [0.29, 0.717) is 21.2 Å². The Morgan fingerprint density at radius 1 is 0.824 bits per heavy atom. The van der Waals surface area contributed by atoms with E-state index in [2.05, 4.69) is 0 Å². The van der Waals surface area contributed by atoms with Gasteiger partial charge in [-0.25, -0.2) is 0 Å². The second-order valence-electron chi connectivity index (χ2n) is 8.55. The van der Waals surface area contributed by atoms with Crippen molar-refractivity contribution < 1.29 is 15.0 Å². The van der Waals surface area contributed by atoms with Crippen LogP contribution < -0.4 is 0 Å². The first-order valence-corrected chi connectivity index (χ1v) is 10.9. The predicted octanol–water partition coefficient (Wildman–Crippen LogP) is 3.77. The Bertz CT molecular complexity index is 1630. The summed E-state index contributed by atoms with van der Waals surface area (Å²) in [6, 6.07) is 15.5. The summed E-state index contributed by atoms with van der Waals surface area (Å²) < 4.78 is 4.44. The highest BCUT2D eigenvalue weighted by Gasteiger charge is 2.42. The van der Waals surface area contributed by atoms with Crippen LogP contribution in [0.2, 0.25) is 0 Å². The molecule has 6 rings (SSSR count). The number of aliphatic hydroxyl groups excluding tert-OH is 2. The lowest BCUT2D eigenvalue weighted by molar-refractivity contribution is -0.403. The van der Waals surface area contributed by atoms with Crippen LogP contribution in [-0.4, -0.2) is 42.4 Å². The van der Waals surface area contributed by atoms with Crippen molar-refractivity contribution in [3.05, 3.63) is 92.6 Å². The minimum Gasteiger partial charge on any atom is -0.754 e. The largest absolute Gasteiger partial charge is 0.754 e. The molecule has 170 valence electrons. The first kappa shape index (κ1) is 20.6. The molecule has 2 aliphatic rings. The molecule has 0 fully saturated rings. The molecule has 8 heteroatoms. The zero-order chi connectivity index (χ0) is 23.7. The molecular weight excluding hydrogens is 432 g/mol. The number of hydrogen-bond donors (Lipinski definition) is 2. The average Bonchev–Trinajstić information content (AvgIpc) is 3.30. The van der Waals surface area contributed by atoms with E-state index in [9.17, 15) is 20.3 Å². The Morgan fingerprint density at radius 3 is 1.97 bits per heavy atom. The Hall–Kier alpha value is -3.98. The van der Waals surface area contributed by atoms with Gasteiger partial charge in [-0.05, 0) is 18.2 Å². The second kappa shape index (κ2) is 7.26. The molecule has 2 aromatic heterocycles. The topological polar surface area (TPSA) is 96.7 Å². The van der Waals surface area contributed by atoms with Gasteiger partial charge in [-0.3, -0.25) is 0 Å². The maximum atomic E-state index is 13.7. The van der Waals surface area contributed by atoms with Crippen LogP contribution in [0.15, 0.2) is 59.9 Å². The van der Waals surface area contributed by atoms with Crippen molar-refractivity contribution in [1.29, 1.82) is 0 Å². The number of rotatable bonds is 2. The molecule has 0 unspecified atom stereocenters. The third kappa shape index (κ3) is 2.52. The van der Waals surface area contributed by atoms with Crippen LogP contribution in [0.25, 0.3) is 45.4 Å². The van der Waals surface area contributed by atoms with Crippen molar-refractivity contribution in [2.45, 2.75) is 0 Å². The number of hydrogen-bond acceptors (Lipinski definition) is 5. The van der Waals surface area contributed by atoms with E-state index >= 15 is 0 Å². The van der Waals surface area contributed by atoms with Crippen molar-refractivity contribution in [3.8, 4) is 0 Å². The van der Waals surface area contributed by atoms with Gasteiger partial charge >= 0.3 is 5.70 Å². The molecule has 0 bridgehead atoms. The number of nitrogens with zero attached hydrogens (tertiary/aromatic N) is 4. The van der Waals surface area contributed by atoms with E-state index in [-0.39, 0.29) is 22.8 Å². The summed E-state index contributed by atoms with van der Waals surface area (Å²) >= 11 is 0. The molecule has 0 aliphatic carbocycles. The van der Waals surface area contributed by atoms with Crippen LogP contribution in [0, 0.1) is 10.1 Å². The standard InChI is InChI=1S/C26H22N4O4/c1-27-21-9-5-3-7-17(21)19-11-15(13-31)29(33)25(23(19)27)26-24-20(12-16(14-32)30(26)34)18-8-4-6-10-22(18)28(24)2/h3-12,31-32H,13-14H2,1-2H3. The van der Waals surface area contributed by atoms with Gasteiger partial charge in [0.1, 0.15) is 18.0 Å². The fourth-order valence-electron chi connectivity index (χ4n) is 5.28. The Labute approximate surface area is 194 Å². The number of aromatic nitrogens is 2. The van der Waals surface area contributed by atoms with E-state index in [1.54, 1.807) is 12.2 Å². The van der Waals surface area contributed by atoms with E-state index in [1.807, 2.05) is 71.8 Å². The smallest absolute Gasteiger partial charge is 0.312 e. The van der Waals surface area contributed by atoms with Crippen molar-refractivity contribution >= 4 is 45.4 Å². The molecule has 0 saturated heterocycles. The zero-order valence-electron chi connectivity index (χ0n) is 18.7. The highest BCUT2D eigenvalue weighted by molar-refractivity contribution is 6.05. The van der Waals surface area contributed by atoms with Gasteiger partial charge in [-0.15, -0.1) is 0 Å². The summed E-state index contributed by atoms with van der Waals surface area (Å²) in [5.74, 6) is 0. The first-order valence-electron chi connectivity index (χ1n) is 10.9. The predicted molar refractivity (Wildman–Crippen MR) is 132 cm³/mol. The van der Waals surface area contributed by atoms with Crippen LogP contribution in [0.3, 0.4) is 0 Å². The Kier molecular flexibility index (Phi) is 4.40. The molecule has 34 heavy (non-hydrogen) atoms. The number of benzene rings is 2. The lowest BCUT2D eigenvalue weighted by atomic mass is 9.98. The highest BCUT2D eigenvalue weighted by atomic mass is 16.5. The normalized spacial score (nSPS) is 17.8. The first-order chi connectivity index (χ1) is 16.5. The molecule has 2 aromatic carbocycles. The molecular formula is C26H22N4O4. The maximum absolute atomic E-state index is 13.7. The van der Waals surface area contributed by atoms with Crippen LogP contribution >= 0.6 is 0 Å². The van der Waals surface area contributed by atoms with E-state index in [1.165, 1.54) is 0 Å². The summed E-state index contributed by atoms with van der Waals surface area (Å²) in [4.78, 5) is 13.7.